The zero-order chi connectivity index (χ0) is 17.8. The van der Waals surface area contributed by atoms with Crippen LogP contribution in [0.5, 0.6) is 0 Å². The normalized spacial score (nSPS) is 24.6. The molecule has 0 N–H and O–H groups in total. The fourth-order valence-corrected chi connectivity index (χ4v) is 5.83. The van der Waals surface area contributed by atoms with Crippen LogP contribution in [0.2, 0.25) is 0 Å². The molecular formula is C18H23FN2O3S. The fourth-order valence-electron chi connectivity index (χ4n) is 4.63. The van der Waals surface area contributed by atoms with Gasteiger partial charge in [0, 0.05) is 31.4 Å². The highest BCUT2D eigenvalue weighted by Crippen LogP contribution is 2.51. The quantitative estimate of drug-likeness (QED) is 0.765. The van der Waals surface area contributed by atoms with Gasteiger partial charge in [0.1, 0.15) is 5.82 Å². The lowest BCUT2D eigenvalue weighted by molar-refractivity contribution is -0.124. The molecule has 0 bridgehead atoms. The van der Waals surface area contributed by atoms with Gasteiger partial charge in [0.2, 0.25) is 5.91 Å². The van der Waals surface area contributed by atoms with Crippen LogP contribution in [0, 0.1) is 5.82 Å². The topological polar surface area (TPSA) is 57.7 Å². The Morgan fingerprint density at radius 3 is 2.36 bits per heavy atom. The highest BCUT2D eigenvalue weighted by atomic mass is 32.2. The highest BCUT2D eigenvalue weighted by molar-refractivity contribution is 7.91. The summed E-state index contributed by atoms with van der Waals surface area (Å²) in [5, 5.41) is 0. The molecule has 2 fully saturated rings. The van der Waals surface area contributed by atoms with E-state index in [1.165, 1.54) is 6.07 Å². The van der Waals surface area contributed by atoms with E-state index in [1.54, 1.807) is 11.9 Å². The maximum atomic E-state index is 15.1. The number of rotatable bonds is 1. The Labute approximate surface area is 147 Å². The van der Waals surface area contributed by atoms with Crippen LogP contribution in [-0.2, 0) is 20.0 Å². The first kappa shape index (κ1) is 16.8. The van der Waals surface area contributed by atoms with E-state index in [1.807, 2.05) is 11.0 Å². The summed E-state index contributed by atoms with van der Waals surface area (Å²) >= 11 is 0. The summed E-state index contributed by atoms with van der Waals surface area (Å²) in [6.45, 7) is 0.729. The van der Waals surface area contributed by atoms with E-state index in [9.17, 15) is 13.2 Å². The zero-order valence-corrected chi connectivity index (χ0v) is 15.2. The Balaban J connectivity index is 1.74. The molecule has 25 heavy (non-hydrogen) atoms. The first-order valence-corrected chi connectivity index (χ1v) is 10.7. The van der Waals surface area contributed by atoms with Gasteiger partial charge in [-0.05, 0) is 25.0 Å². The van der Waals surface area contributed by atoms with Crippen LogP contribution in [0.25, 0.3) is 0 Å². The van der Waals surface area contributed by atoms with Crippen molar-refractivity contribution in [1.82, 2.24) is 0 Å². The number of sulfone groups is 1. The van der Waals surface area contributed by atoms with Crippen LogP contribution in [0.15, 0.2) is 12.1 Å². The minimum absolute atomic E-state index is 0.000489. The first-order valence-electron chi connectivity index (χ1n) is 8.92. The van der Waals surface area contributed by atoms with Gasteiger partial charge in [0.05, 0.1) is 22.6 Å². The number of hydrogen-bond acceptors (Lipinski definition) is 4. The lowest BCUT2D eigenvalue weighted by Crippen LogP contribution is -2.40. The molecule has 1 amide bonds. The maximum absolute atomic E-state index is 15.1. The molecule has 3 aliphatic rings. The average Bonchev–Trinajstić information content (AvgIpc) is 2.78. The molecule has 7 heteroatoms. The molecule has 2 heterocycles. The summed E-state index contributed by atoms with van der Waals surface area (Å²) in [5.41, 5.74) is 1.16. The van der Waals surface area contributed by atoms with Crippen LogP contribution in [0.1, 0.15) is 37.7 Å². The second-order valence-electron chi connectivity index (χ2n) is 7.47. The standard InChI is InChI=1S/C18H23FN2O3S/c1-20-15-12-13(21-7-9-25(23,24)10-8-21)11-14(19)16(15)18(17(20)22)5-3-2-4-6-18/h11-12H,2-10H2,1H3. The number of carbonyl (C=O) groups is 1. The molecule has 4 rings (SSSR count). The summed E-state index contributed by atoms with van der Waals surface area (Å²) in [6.07, 6.45) is 4.41. The summed E-state index contributed by atoms with van der Waals surface area (Å²) in [6, 6.07) is 3.34. The van der Waals surface area contributed by atoms with Gasteiger partial charge < -0.3 is 9.80 Å². The van der Waals surface area contributed by atoms with Crippen molar-refractivity contribution >= 4 is 27.1 Å². The Bertz CT molecular complexity index is 817. The van der Waals surface area contributed by atoms with E-state index >= 15 is 4.39 Å². The third-order valence-electron chi connectivity index (χ3n) is 6.02. The van der Waals surface area contributed by atoms with Crippen LogP contribution < -0.4 is 9.80 Å². The number of anilines is 2. The summed E-state index contributed by atoms with van der Waals surface area (Å²) in [5.74, 6) is -0.158. The van der Waals surface area contributed by atoms with Gasteiger partial charge in [-0.1, -0.05) is 19.3 Å². The van der Waals surface area contributed by atoms with Gasteiger partial charge in [-0.15, -0.1) is 0 Å². The summed E-state index contributed by atoms with van der Waals surface area (Å²) in [7, 11) is -1.27. The Morgan fingerprint density at radius 1 is 1.08 bits per heavy atom. The van der Waals surface area contributed by atoms with Crippen molar-refractivity contribution in [1.29, 1.82) is 0 Å². The van der Waals surface area contributed by atoms with Crippen molar-refractivity contribution in [3.63, 3.8) is 0 Å². The van der Waals surface area contributed by atoms with Gasteiger partial charge in [-0.3, -0.25) is 4.79 Å². The molecular weight excluding hydrogens is 343 g/mol. The lowest BCUT2D eigenvalue weighted by Gasteiger charge is -2.32. The van der Waals surface area contributed by atoms with Crippen molar-refractivity contribution in [3.8, 4) is 0 Å². The van der Waals surface area contributed by atoms with E-state index in [4.69, 9.17) is 0 Å². The molecule has 1 saturated heterocycles. The minimum Gasteiger partial charge on any atom is -0.369 e. The smallest absolute Gasteiger partial charge is 0.237 e. The molecule has 0 atom stereocenters. The van der Waals surface area contributed by atoms with Gasteiger partial charge in [-0.25, -0.2) is 12.8 Å². The molecule has 1 aliphatic carbocycles. The Morgan fingerprint density at radius 2 is 1.72 bits per heavy atom. The van der Waals surface area contributed by atoms with Crippen molar-refractivity contribution in [2.45, 2.75) is 37.5 Å². The van der Waals surface area contributed by atoms with Gasteiger partial charge in [0.25, 0.3) is 0 Å². The van der Waals surface area contributed by atoms with Crippen molar-refractivity contribution in [3.05, 3.63) is 23.5 Å². The maximum Gasteiger partial charge on any atom is 0.237 e. The van der Waals surface area contributed by atoms with Crippen molar-refractivity contribution in [2.75, 3.05) is 41.4 Å². The van der Waals surface area contributed by atoms with E-state index in [0.29, 0.717) is 42.9 Å². The molecule has 1 aromatic carbocycles. The molecule has 1 aromatic rings. The van der Waals surface area contributed by atoms with Gasteiger partial charge in [0.15, 0.2) is 9.84 Å². The van der Waals surface area contributed by atoms with E-state index in [0.717, 1.165) is 19.3 Å². The number of likely N-dealkylation sites (N-methyl/N-ethyl adjacent to an activating group) is 1. The second-order valence-corrected chi connectivity index (χ2v) is 9.77. The zero-order valence-electron chi connectivity index (χ0n) is 14.4. The SMILES string of the molecule is CN1C(=O)C2(CCCCC2)c2c(F)cc(N3CCS(=O)(=O)CC3)cc21. The average molecular weight is 366 g/mol. The minimum atomic E-state index is -2.99. The number of nitrogens with zero attached hydrogens (tertiary/aromatic N) is 2. The number of carbonyl (C=O) groups excluding carboxylic acids is 1. The third kappa shape index (κ3) is 2.55. The first-order chi connectivity index (χ1) is 11.8. The molecule has 136 valence electrons. The largest absolute Gasteiger partial charge is 0.369 e. The molecule has 5 nitrogen and oxygen atoms in total. The van der Waals surface area contributed by atoms with Crippen molar-refractivity contribution in [2.24, 2.45) is 0 Å². The Kier molecular flexibility index (Phi) is 3.83. The predicted octanol–water partition coefficient (Wildman–Crippen LogP) is 2.24. The molecule has 0 radical (unpaired) electrons. The van der Waals surface area contributed by atoms with E-state index in [-0.39, 0.29) is 23.2 Å². The van der Waals surface area contributed by atoms with Crippen molar-refractivity contribution < 1.29 is 17.6 Å². The van der Waals surface area contributed by atoms with Crippen LogP contribution in [-0.4, -0.2) is 46.0 Å². The highest BCUT2D eigenvalue weighted by Gasteiger charge is 2.51. The van der Waals surface area contributed by atoms with Gasteiger partial charge >= 0.3 is 0 Å². The molecule has 0 unspecified atom stereocenters. The number of amides is 1. The number of halogens is 1. The second kappa shape index (κ2) is 5.69. The van der Waals surface area contributed by atoms with E-state index in [2.05, 4.69) is 0 Å². The summed E-state index contributed by atoms with van der Waals surface area (Å²) in [4.78, 5) is 16.4. The Hall–Kier alpha value is -1.63. The van der Waals surface area contributed by atoms with Gasteiger partial charge in [-0.2, -0.15) is 0 Å². The van der Waals surface area contributed by atoms with E-state index < -0.39 is 15.3 Å². The number of benzene rings is 1. The van der Waals surface area contributed by atoms with Crippen LogP contribution in [0.4, 0.5) is 15.8 Å². The number of fused-ring (bicyclic) bond motifs is 2. The third-order valence-corrected chi connectivity index (χ3v) is 7.63. The fraction of sp³-hybridized carbons (Fsp3) is 0.611. The molecule has 1 spiro atoms. The molecule has 1 saturated carbocycles. The summed E-state index contributed by atoms with van der Waals surface area (Å²) < 4.78 is 38.4. The lowest BCUT2D eigenvalue weighted by atomic mass is 9.70. The van der Waals surface area contributed by atoms with Crippen LogP contribution in [0.3, 0.4) is 0 Å². The molecule has 0 aromatic heterocycles. The molecule has 2 aliphatic heterocycles. The predicted molar refractivity (Wildman–Crippen MR) is 95.4 cm³/mol. The van der Waals surface area contributed by atoms with Crippen LogP contribution >= 0.6 is 0 Å². The monoisotopic (exact) mass is 366 g/mol. The number of hydrogen-bond donors (Lipinski definition) is 0.